The Morgan fingerprint density at radius 1 is 1.22 bits per heavy atom. The Bertz CT molecular complexity index is 772. The molecule has 0 radical (unpaired) electrons. The molecule has 5 nitrogen and oxygen atoms in total. The minimum Gasteiger partial charge on any atom is -0.364 e. The molecule has 0 unspecified atom stereocenters. The first-order chi connectivity index (χ1) is 13.3. The Hall–Kier alpha value is -2.34. The standard InChI is InChI=1S/C21H29N5S/c1-3-19-16-24-20(27-19)10-11-23-21(22-4-2)25-15-17-8-7-9-18(14-17)26-12-5-6-13-26/h5-9,14,16H,3-4,10-13,15H2,1-2H3,(H2,22,23,25). The highest BCUT2D eigenvalue weighted by atomic mass is 32.1. The number of hydrogen-bond donors (Lipinski definition) is 2. The molecular weight excluding hydrogens is 354 g/mol. The fourth-order valence-electron chi connectivity index (χ4n) is 2.97. The molecule has 2 N–H and O–H groups in total. The number of hydrogen-bond acceptors (Lipinski definition) is 4. The average Bonchev–Trinajstić information content (AvgIpc) is 3.38. The molecule has 0 bridgehead atoms. The van der Waals surface area contributed by atoms with E-state index in [2.05, 4.69) is 70.8 Å². The van der Waals surface area contributed by atoms with Crippen molar-refractivity contribution in [3.63, 3.8) is 0 Å². The molecule has 3 rings (SSSR count). The monoisotopic (exact) mass is 383 g/mol. The Balaban J connectivity index is 1.54. The van der Waals surface area contributed by atoms with Crippen LogP contribution in [0.1, 0.15) is 29.3 Å². The van der Waals surface area contributed by atoms with Crippen LogP contribution in [0, 0.1) is 0 Å². The Kier molecular flexibility index (Phi) is 7.27. The molecular formula is C21H29N5S. The Morgan fingerprint density at radius 2 is 2.07 bits per heavy atom. The quantitative estimate of drug-likeness (QED) is 0.417. The molecule has 0 aliphatic carbocycles. The second kappa shape index (κ2) is 10.1. The van der Waals surface area contributed by atoms with Gasteiger partial charge in [0.25, 0.3) is 0 Å². The minimum atomic E-state index is 0.668. The molecule has 6 heteroatoms. The van der Waals surface area contributed by atoms with E-state index >= 15 is 0 Å². The molecule has 1 aliphatic rings. The highest BCUT2D eigenvalue weighted by Gasteiger charge is 2.08. The number of nitrogens with zero attached hydrogens (tertiary/aromatic N) is 3. The van der Waals surface area contributed by atoms with Gasteiger partial charge in [0.1, 0.15) is 0 Å². The summed E-state index contributed by atoms with van der Waals surface area (Å²) in [7, 11) is 0. The van der Waals surface area contributed by atoms with Crippen LogP contribution < -0.4 is 15.5 Å². The number of guanidine groups is 1. The van der Waals surface area contributed by atoms with Gasteiger partial charge in [-0.1, -0.05) is 31.2 Å². The van der Waals surface area contributed by atoms with Crippen LogP contribution in [-0.2, 0) is 19.4 Å². The van der Waals surface area contributed by atoms with E-state index in [1.807, 2.05) is 6.20 Å². The number of benzene rings is 1. The molecule has 1 aromatic carbocycles. The number of aryl methyl sites for hydroxylation is 1. The van der Waals surface area contributed by atoms with Gasteiger partial charge in [-0.25, -0.2) is 9.98 Å². The van der Waals surface area contributed by atoms with Crippen LogP contribution >= 0.6 is 11.3 Å². The van der Waals surface area contributed by atoms with E-state index in [9.17, 15) is 0 Å². The molecule has 1 aliphatic heterocycles. The third kappa shape index (κ3) is 5.82. The van der Waals surface area contributed by atoms with Crippen LogP contribution in [0.5, 0.6) is 0 Å². The number of thiazole rings is 1. The van der Waals surface area contributed by atoms with Crippen LogP contribution in [0.25, 0.3) is 0 Å². The molecule has 0 spiro atoms. The SMILES string of the molecule is CCNC(=NCc1cccc(N2CC=CC2)c1)NCCc1ncc(CC)s1. The first kappa shape index (κ1) is 19.4. The summed E-state index contributed by atoms with van der Waals surface area (Å²) in [4.78, 5) is 12.9. The average molecular weight is 384 g/mol. The Morgan fingerprint density at radius 3 is 2.81 bits per heavy atom. The summed E-state index contributed by atoms with van der Waals surface area (Å²) >= 11 is 1.80. The summed E-state index contributed by atoms with van der Waals surface area (Å²) in [6.45, 7) is 8.60. The van der Waals surface area contributed by atoms with Crippen molar-refractivity contribution in [1.29, 1.82) is 0 Å². The summed E-state index contributed by atoms with van der Waals surface area (Å²) in [6.07, 6.45) is 8.39. The molecule has 0 amide bonds. The lowest BCUT2D eigenvalue weighted by molar-refractivity contribution is 0.796. The van der Waals surface area contributed by atoms with Crippen molar-refractivity contribution in [2.45, 2.75) is 33.2 Å². The molecule has 0 saturated heterocycles. The van der Waals surface area contributed by atoms with Crippen molar-refractivity contribution in [2.75, 3.05) is 31.1 Å². The zero-order valence-corrected chi connectivity index (χ0v) is 17.1. The fraction of sp³-hybridized carbons (Fsp3) is 0.429. The predicted molar refractivity (Wildman–Crippen MR) is 116 cm³/mol. The van der Waals surface area contributed by atoms with E-state index in [4.69, 9.17) is 4.99 Å². The van der Waals surface area contributed by atoms with E-state index < -0.39 is 0 Å². The highest BCUT2D eigenvalue weighted by Crippen LogP contribution is 2.19. The van der Waals surface area contributed by atoms with E-state index in [1.165, 1.54) is 21.1 Å². The largest absolute Gasteiger partial charge is 0.364 e. The van der Waals surface area contributed by atoms with Crippen molar-refractivity contribution < 1.29 is 0 Å². The van der Waals surface area contributed by atoms with Gasteiger partial charge in [-0.05, 0) is 31.0 Å². The molecule has 144 valence electrons. The van der Waals surface area contributed by atoms with E-state index in [1.54, 1.807) is 11.3 Å². The van der Waals surface area contributed by atoms with Gasteiger partial charge in [0.2, 0.25) is 0 Å². The second-order valence-electron chi connectivity index (χ2n) is 6.49. The van der Waals surface area contributed by atoms with Gasteiger partial charge in [0, 0.05) is 49.4 Å². The molecule has 2 aromatic rings. The smallest absolute Gasteiger partial charge is 0.191 e. The summed E-state index contributed by atoms with van der Waals surface area (Å²) in [5.41, 5.74) is 2.49. The van der Waals surface area contributed by atoms with E-state index in [0.29, 0.717) is 6.54 Å². The summed E-state index contributed by atoms with van der Waals surface area (Å²) < 4.78 is 0. The van der Waals surface area contributed by atoms with Crippen molar-refractivity contribution >= 4 is 23.0 Å². The van der Waals surface area contributed by atoms with Gasteiger partial charge in [0.15, 0.2) is 5.96 Å². The number of rotatable bonds is 8. The van der Waals surface area contributed by atoms with Crippen LogP contribution in [-0.4, -0.2) is 37.1 Å². The molecule has 0 fully saturated rings. The summed E-state index contributed by atoms with van der Waals surface area (Å²) in [5, 5.41) is 7.93. The van der Waals surface area contributed by atoms with Gasteiger partial charge in [-0.2, -0.15) is 0 Å². The van der Waals surface area contributed by atoms with Crippen LogP contribution in [0.15, 0.2) is 47.6 Å². The van der Waals surface area contributed by atoms with Crippen molar-refractivity contribution in [1.82, 2.24) is 15.6 Å². The van der Waals surface area contributed by atoms with Crippen molar-refractivity contribution in [3.8, 4) is 0 Å². The lowest BCUT2D eigenvalue weighted by Gasteiger charge is -2.18. The number of aromatic nitrogens is 1. The maximum atomic E-state index is 4.75. The lowest BCUT2D eigenvalue weighted by atomic mass is 10.2. The Labute approximate surface area is 166 Å². The first-order valence-electron chi connectivity index (χ1n) is 9.73. The van der Waals surface area contributed by atoms with Gasteiger partial charge >= 0.3 is 0 Å². The van der Waals surface area contributed by atoms with Gasteiger partial charge in [0.05, 0.1) is 11.6 Å². The maximum Gasteiger partial charge on any atom is 0.191 e. The van der Waals surface area contributed by atoms with Crippen molar-refractivity contribution in [3.05, 3.63) is 58.1 Å². The lowest BCUT2D eigenvalue weighted by Crippen LogP contribution is -2.38. The topological polar surface area (TPSA) is 52.6 Å². The van der Waals surface area contributed by atoms with Crippen LogP contribution in [0.4, 0.5) is 5.69 Å². The summed E-state index contributed by atoms with van der Waals surface area (Å²) in [5.74, 6) is 0.859. The molecule has 27 heavy (non-hydrogen) atoms. The van der Waals surface area contributed by atoms with Gasteiger partial charge < -0.3 is 15.5 Å². The maximum absolute atomic E-state index is 4.75. The minimum absolute atomic E-state index is 0.668. The highest BCUT2D eigenvalue weighted by molar-refractivity contribution is 7.11. The molecule has 0 saturated carbocycles. The third-order valence-corrected chi connectivity index (χ3v) is 5.64. The second-order valence-corrected chi connectivity index (χ2v) is 7.69. The zero-order valence-electron chi connectivity index (χ0n) is 16.2. The van der Waals surface area contributed by atoms with Gasteiger partial charge in [-0.15, -0.1) is 11.3 Å². The predicted octanol–water partition coefficient (Wildman–Crippen LogP) is 3.38. The van der Waals surface area contributed by atoms with Crippen molar-refractivity contribution in [2.24, 2.45) is 4.99 Å². The first-order valence-corrected chi connectivity index (χ1v) is 10.5. The summed E-state index contributed by atoms with van der Waals surface area (Å²) in [6, 6.07) is 8.67. The third-order valence-electron chi connectivity index (χ3n) is 4.44. The van der Waals surface area contributed by atoms with Crippen LogP contribution in [0.2, 0.25) is 0 Å². The molecule has 0 atom stereocenters. The number of anilines is 1. The fourth-order valence-corrected chi connectivity index (χ4v) is 3.83. The van der Waals surface area contributed by atoms with E-state index in [0.717, 1.165) is 45.0 Å². The van der Waals surface area contributed by atoms with Gasteiger partial charge in [-0.3, -0.25) is 0 Å². The van der Waals surface area contributed by atoms with E-state index in [-0.39, 0.29) is 0 Å². The normalized spacial score (nSPS) is 14.0. The molecule has 1 aromatic heterocycles. The zero-order chi connectivity index (χ0) is 18.9. The van der Waals surface area contributed by atoms with Crippen LogP contribution in [0.3, 0.4) is 0 Å². The molecule has 2 heterocycles. The number of nitrogens with one attached hydrogen (secondary N) is 2. The number of aliphatic imine (C=N–C) groups is 1.